The lowest BCUT2D eigenvalue weighted by molar-refractivity contribution is 0.102. The monoisotopic (exact) mass is 402 g/mol. The van der Waals surface area contributed by atoms with E-state index in [0.717, 1.165) is 14.6 Å². The van der Waals surface area contributed by atoms with Crippen LogP contribution in [0.15, 0.2) is 44.4 Å². The second-order valence-electron chi connectivity index (χ2n) is 5.71. The second-order valence-corrected chi connectivity index (χ2v) is 6.57. The van der Waals surface area contributed by atoms with Crippen LogP contribution in [0.2, 0.25) is 0 Å². The fourth-order valence-electron chi connectivity index (χ4n) is 2.49. The third kappa shape index (κ3) is 3.00. The molecule has 0 radical (unpaired) electrons. The molecule has 0 bridgehead atoms. The minimum absolute atomic E-state index is 0.114. The van der Waals surface area contributed by atoms with Crippen molar-refractivity contribution < 1.29 is 4.79 Å². The molecule has 0 unspecified atom stereocenters. The molecular weight excluding hydrogens is 388 g/mol. The number of anilines is 1. The summed E-state index contributed by atoms with van der Waals surface area (Å²) in [7, 11) is 2.91. The molecule has 0 atom stereocenters. The van der Waals surface area contributed by atoms with Crippen LogP contribution in [0.5, 0.6) is 0 Å². The third-order valence-corrected chi connectivity index (χ3v) is 4.56. The first-order chi connectivity index (χ1) is 11.8. The number of halogens is 1. The molecule has 1 amide bonds. The summed E-state index contributed by atoms with van der Waals surface area (Å²) in [5, 5.41) is 3.04. The molecule has 2 aromatic heterocycles. The lowest BCUT2D eigenvalue weighted by Crippen LogP contribution is -2.37. The van der Waals surface area contributed by atoms with Gasteiger partial charge >= 0.3 is 5.69 Å². The zero-order chi connectivity index (χ0) is 18.3. The topological polar surface area (TPSA) is 86.0 Å². The quantitative estimate of drug-likeness (QED) is 0.709. The van der Waals surface area contributed by atoms with Crippen LogP contribution in [0.4, 0.5) is 5.69 Å². The number of carbonyl (C=O) groups is 1. The molecule has 0 aliphatic rings. The molecule has 0 spiro atoms. The second kappa shape index (κ2) is 6.29. The normalized spacial score (nSPS) is 10.9. The summed E-state index contributed by atoms with van der Waals surface area (Å²) in [6.45, 7) is 1.95. The summed E-state index contributed by atoms with van der Waals surface area (Å²) in [4.78, 5) is 40.9. The van der Waals surface area contributed by atoms with Crippen molar-refractivity contribution in [2.24, 2.45) is 14.1 Å². The first kappa shape index (κ1) is 17.1. The minimum Gasteiger partial charge on any atom is -0.320 e. The molecule has 128 valence electrons. The summed E-state index contributed by atoms with van der Waals surface area (Å²) in [5.41, 5.74) is 1.00. The van der Waals surface area contributed by atoms with Crippen LogP contribution in [-0.4, -0.2) is 20.0 Å². The van der Waals surface area contributed by atoms with Gasteiger partial charge in [0.05, 0.1) is 11.1 Å². The Kier molecular flexibility index (Phi) is 4.30. The molecule has 25 heavy (non-hydrogen) atoms. The molecule has 7 nitrogen and oxygen atoms in total. The van der Waals surface area contributed by atoms with Crippen LogP contribution < -0.4 is 16.6 Å². The number of hydrogen-bond donors (Lipinski definition) is 1. The number of amides is 1. The highest BCUT2D eigenvalue weighted by atomic mass is 79.9. The number of pyridine rings is 1. The van der Waals surface area contributed by atoms with Crippen molar-refractivity contribution in [1.29, 1.82) is 0 Å². The Balaban J connectivity index is 2.06. The summed E-state index contributed by atoms with van der Waals surface area (Å²) >= 11 is 3.40. The number of benzene rings is 1. The Morgan fingerprint density at radius 2 is 1.84 bits per heavy atom. The largest absolute Gasteiger partial charge is 0.332 e. The fraction of sp³-hybridized carbons (Fsp3) is 0.176. The van der Waals surface area contributed by atoms with Crippen molar-refractivity contribution in [2.75, 3.05) is 5.32 Å². The fourth-order valence-corrected chi connectivity index (χ4v) is 3.08. The smallest absolute Gasteiger partial charge is 0.320 e. The molecule has 1 N–H and O–H groups in total. The maximum atomic E-state index is 12.5. The Bertz CT molecular complexity index is 1130. The SMILES string of the molecule is Cc1ccc(NC(=O)c2ccc3c(=O)n(C)c(=O)n(C)c3n2)c(Br)c1. The predicted octanol–water partition coefficient (Wildman–Crippen LogP) is 1.96. The third-order valence-electron chi connectivity index (χ3n) is 3.91. The summed E-state index contributed by atoms with van der Waals surface area (Å²) in [5.74, 6) is -0.431. The molecular formula is C17H15BrN4O3. The van der Waals surface area contributed by atoms with Crippen LogP contribution in [0.3, 0.4) is 0 Å². The zero-order valence-corrected chi connectivity index (χ0v) is 15.4. The van der Waals surface area contributed by atoms with E-state index in [0.29, 0.717) is 5.69 Å². The van der Waals surface area contributed by atoms with Crippen LogP contribution in [0, 0.1) is 6.92 Å². The first-order valence-electron chi connectivity index (χ1n) is 7.44. The molecule has 3 rings (SSSR count). The molecule has 8 heteroatoms. The van der Waals surface area contributed by atoms with Crippen LogP contribution >= 0.6 is 15.9 Å². The number of fused-ring (bicyclic) bond motifs is 1. The van der Waals surface area contributed by atoms with Gasteiger partial charge in [0, 0.05) is 18.6 Å². The highest BCUT2D eigenvalue weighted by Crippen LogP contribution is 2.23. The van der Waals surface area contributed by atoms with Crippen LogP contribution in [0.1, 0.15) is 16.1 Å². The van der Waals surface area contributed by atoms with E-state index in [1.54, 1.807) is 6.07 Å². The number of rotatable bonds is 2. The van der Waals surface area contributed by atoms with E-state index in [1.807, 2.05) is 19.1 Å². The van der Waals surface area contributed by atoms with Crippen molar-refractivity contribution in [1.82, 2.24) is 14.1 Å². The van der Waals surface area contributed by atoms with E-state index >= 15 is 0 Å². The lowest BCUT2D eigenvalue weighted by atomic mass is 10.2. The Morgan fingerprint density at radius 3 is 2.52 bits per heavy atom. The van der Waals surface area contributed by atoms with Gasteiger partial charge in [0.25, 0.3) is 11.5 Å². The summed E-state index contributed by atoms with van der Waals surface area (Å²) in [6.07, 6.45) is 0. The van der Waals surface area contributed by atoms with Gasteiger partial charge in [-0.15, -0.1) is 0 Å². The number of carbonyl (C=O) groups excluding carboxylic acids is 1. The van der Waals surface area contributed by atoms with Gasteiger partial charge in [0.15, 0.2) is 0 Å². The number of aryl methyl sites for hydroxylation is 2. The van der Waals surface area contributed by atoms with E-state index < -0.39 is 17.2 Å². The van der Waals surface area contributed by atoms with Crippen molar-refractivity contribution >= 4 is 38.6 Å². The highest BCUT2D eigenvalue weighted by Gasteiger charge is 2.14. The maximum Gasteiger partial charge on any atom is 0.332 e. The van der Waals surface area contributed by atoms with Crippen molar-refractivity contribution in [3.63, 3.8) is 0 Å². The number of nitrogens with one attached hydrogen (secondary N) is 1. The van der Waals surface area contributed by atoms with Crippen LogP contribution in [0.25, 0.3) is 11.0 Å². The summed E-state index contributed by atoms with van der Waals surface area (Å²) < 4.78 is 3.01. The van der Waals surface area contributed by atoms with Gasteiger partial charge < -0.3 is 5.32 Å². The van der Waals surface area contributed by atoms with E-state index in [-0.39, 0.29) is 16.7 Å². The molecule has 0 saturated heterocycles. The van der Waals surface area contributed by atoms with Gasteiger partial charge in [-0.1, -0.05) is 6.07 Å². The Hall–Kier alpha value is -2.74. The van der Waals surface area contributed by atoms with Gasteiger partial charge in [-0.2, -0.15) is 0 Å². The standard InChI is InChI=1S/C17H15BrN4O3/c1-9-4-6-12(11(18)8-9)20-15(23)13-7-5-10-14(19-13)21(2)17(25)22(3)16(10)24/h4-8H,1-3H3,(H,20,23). The molecule has 0 aliphatic heterocycles. The van der Waals surface area contributed by atoms with Gasteiger partial charge in [0.1, 0.15) is 11.3 Å². The molecule has 1 aromatic carbocycles. The first-order valence-corrected chi connectivity index (χ1v) is 8.23. The average molecular weight is 403 g/mol. The van der Waals surface area contributed by atoms with Gasteiger partial charge in [-0.3, -0.25) is 18.7 Å². The van der Waals surface area contributed by atoms with Crippen molar-refractivity contribution in [3.8, 4) is 0 Å². The van der Waals surface area contributed by atoms with E-state index in [4.69, 9.17) is 0 Å². The number of hydrogen-bond acceptors (Lipinski definition) is 4. The van der Waals surface area contributed by atoms with E-state index in [2.05, 4.69) is 26.2 Å². The van der Waals surface area contributed by atoms with E-state index in [1.165, 1.54) is 30.8 Å². The van der Waals surface area contributed by atoms with Gasteiger partial charge in [0.2, 0.25) is 0 Å². The van der Waals surface area contributed by atoms with Crippen LogP contribution in [-0.2, 0) is 14.1 Å². The average Bonchev–Trinajstić information content (AvgIpc) is 2.60. The Labute approximate surface area is 151 Å². The van der Waals surface area contributed by atoms with Gasteiger partial charge in [-0.05, 0) is 52.7 Å². The maximum absolute atomic E-state index is 12.5. The molecule has 3 aromatic rings. The minimum atomic E-state index is -0.496. The van der Waals surface area contributed by atoms with Gasteiger partial charge in [-0.25, -0.2) is 9.78 Å². The Morgan fingerprint density at radius 1 is 1.12 bits per heavy atom. The summed E-state index contributed by atoms with van der Waals surface area (Å²) in [6, 6.07) is 8.51. The predicted molar refractivity (Wildman–Crippen MR) is 99.1 cm³/mol. The van der Waals surface area contributed by atoms with Crippen molar-refractivity contribution in [2.45, 2.75) is 6.92 Å². The molecule has 0 fully saturated rings. The zero-order valence-electron chi connectivity index (χ0n) is 13.8. The molecule has 0 aliphatic carbocycles. The highest BCUT2D eigenvalue weighted by molar-refractivity contribution is 9.10. The van der Waals surface area contributed by atoms with Crippen molar-refractivity contribution in [3.05, 3.63) is 66.9 Å². The lowest BCUT2D eigenvalue weighted by Gasteiger charge is -2.10. The molecule has 0 saturated carbocycles. The number of nitrogens with zero attached hydrogens (tertiary/aromatic N) is 3. The molecule has 2 heterocycles. The number of aromatic nitrogens is 3. The van der Waals surface area contributed by atoms with E-state index in [9.17, 15) is 14.4 Å².